The topological polar surface area (TPSA) is 312 Å². The molecule has 6 aromatic rings. The number of esters is 9. The second-order valence-corrected chi connectivity index (χ2v) is 20.8. The molecule has 482 valence electrons. The Bertz CT molecular complexity index is 3470. The smallest absolute Gasteiger partial charge is 0.338 e. The Labute approximate surface area is 526 Å². The van der Waals surface area contributed by atoms with Crippen molar-refractivity contribution in [3.63, 3.8) is 0 Å². The zero-order chi connectivity index (χ0) is 65.3. The highest BCUT2D eigenvalue weighted by atomic mass is 16.8. The number of methoxy groups -OCH3 is 1. The second-order valence-electron chi connectivity index (χ2n) is 20.8. The molecule has 9 rings (SSSR count). The van der Waals surface area contributed by atoms with Crippen LogP contribution < -0.4 is 0 Å². The minimum absolute atomic E-state index is 0.00828. The molecule has 0 aliphatic carbocycles. The van der Waals surface area contributed by atoms with E-state index in [1.165, 1.54) is 92.0 Å². The Balaban J connectivity index is 1.13. The van der Waals surface area contributed by atoms with Crippen molar-refractivity contribution in [2.75, 3.05) is 26.9 Å². The summed E-state index contributed by atoms with van der Waals surface area (Å²) >= 11 is 0. The van der Waals surface area contributed by atoms with Crippen LogP contribution in [0.25, 0.3) is 0 Å². The average Bonchev–Trinajstić information content (AvgIpc) is 1.41. The highest BCUT2D eigenvalue weighted by Gasteiger charge is 2.60. The van der Waals surface area contributed by atoms with E-state index in [1.807, 2.05) is 0 Å². The van der Waals surface area contributed by atoms with E-state index in [1.54, 1.807) is 97.1 Å². The number of carbonyl (C=O) groups is 9. The summed E-state index contributed by atoms with van der Waals surface area (Å²) in [6.07, 6.45) is -27.1. The van der Waals surface area contributed by atoms with Gasteiger partial charge in [0.1, 0.15) is 31.0 Å². The van der Waals surface area contributed by atoms with Gasteiger partial charge in [0.15, 0.2) is 67.7 Å². The zero-order valence-electron chi connectivity index (χ0n) is 49.8. The van der Waals surface area contributed by atoms with Crippen molar-refractivity contribution in [1.29, 1.82) is 0 Å². The second kappa shape index (κ2) is 31.8. The predicted molar refractivity (Wildman–Crippen MR) is 313 cm³/mol. The normalized spacial score (nSPS) is 24.7. The van der Waals surface area contributed by atoms with Crippen molar-refractivity contribution < 1.29 is 119 Å². The third kappa shape index (κ3) is 17.0. The maximum absolute atomic E-state index is 14.3. The third-order valence-electron chi connectivity index (χ3n) is 14.5. The fourth-order valence-corrected chi connectivity index (χ4v) is 10.2. The summed E-state index contributed by atoms with van der Waals surface area (Å²) in [7, 11) is 1.22. The first-order chi connectivity index (χ1) is 44.5. The van der Waals surface area contributed by atoms with Gasteiger partial charge >= 0.3 is 53.7 Å². The van der Waals surface area contributed by atoms with E-state index < -0.39 is 166 Å². The summed E-state index contributed by atoms with van der Waals surface area (Å²) in [5, 5.41) is 11.1. The molecule has 3 saturated heterocycles. The van der Waals surface area contributed by atoms with Crippen LogP contribution in [0.1, 0.15) is 82.9 Å². The van der Waals surface area contributed by atoms with Crippen molar-refractivity contribution >= 4 is 53.7 Å². The molecule has 0 amide bonds. The average molecular weight is 1270 g/mol. The van der Waals surface area contributed by atoms with Gasteiger partial charge in [-0.05, 0) is 72.8 Å². The minimum Gasteiger partial charge on any atom is -0.463 e. The van der Waals surface area contributed by atoms with E-state index in [0.29, 0.717) is 0 Å². The monoisotopic (exact) mass is 1270 g/mol. The van der Waals surface area contributed by atoms with Crippen LogP contribution in [0.15, 0.2) is 182 Å². The van der Waals surface area contributed by atoms with Crippen molar-refractivity contribution in [2.24, 2.45) is 0 Å². The number of carbonyl (C=O) groups excluding carboxylic acids is 9. The Hall–Kier alpha value is -9.73. The van der Waals surface area contributed by atoms with Gasteiger partial charge in [0.05, 0.1) is 46.6 Å². The summed E-state index contributed by atoms with van der Waals surface area (Å²) in [4.78, 5) is 124. The van der Waals surface area contributed by atoms with Crippen molar-refractivity contribution in [1.82, 2.24) is 0 Å². The van der Waals surface area contributed by atoms with Crippen LogP contribution in [-0.2, 0) is 85.4 Å². The number of ether oxygens (including phenoxy) is 15. The van der Waals surface area contributed by atoms with Crippen LogP contribution in [0.2, 0.25) is 0 Å². The molecule has 25 nitrogen and oxygen atoms in total. The van der Waals surface area contributed by atoms with Crippen LogP contribution in [0, 0.1) is 0 Å². The van der Waals surface area contributed by atoms with E-state index in [9.17, 15) is 48.3 Å². The Kier molecular flexibility index (Phi) is 23.1. The molecule has 0 bridgehead atoms. The van der Waals surface area contributed by atoms with Gasteiger partial charge in [-0.25, -0.2) is 28.8 Å². The van der Waals surface area contributed by atoms with E-state index in [4.69, 9.17) is 71.1 Å². The Morgan fingerprint density at radius 1 is 0.380 bits per heavy atom. The molecule has 3 aliphatic heterocycles. The molecule has 0 spiro atoms. The van der Waals surface area contributed by atoms with E-state index >= 15 is 0 Å². The van der Waals surface area contributed by atoms with Crippen LogP contribution in [0.3, 0.4) is 0 Å². The number of hydrogen-bond donors (Lipinski definition) is 1. The molecular weight excluding hydrogens is 1200 g/mol. The fourth-order valence-electron chi connectivity index (χ4n) is 10.2. The van der Waals surface area contributed by atoms with Crippen LogP contribution >= 0.6 is 0 Å². The maximum Gasteiger partial charge on any atom is 0.338 e. The number of aliphatic hydroxyl groups excluding tert-OH is 1. The molecule has 0 radical (unpaired) electrons. The van der Waals surface area contributed by atoms with Crippen LogP contribution in [0.4, 0.5) is 0 Å². The largest absolute Gasteiger partial charge is 0.463 e. The number of hydrogen-bond acceptors (Lipinski definition) is 25. The molecule has 6 aromatic carbocycles. The molecule has 0 saturated carbocycles. The lowest BCUT2D eigenvalue weighted by molar-refractivity contribution is -0.337. The summed E-state index contributed by atoms with van der Waals surface area (Å²) in [6.45, 7) is 0.424. The molecule has 1 N–H and O–H groups in total. The lowest BCUT2D eigenvalue weighted by Crippen LogP contribution is -2.64. The fraction of sp³-hybridized carbons (Fsp3) is 0.328. The molecule has 3 heterocycles. The molecule has 92 heavy (non-hydrogen) atoms. The van der Waals surface area contributed by atoms with Gasteiger partial charge < -0.3 is 76.2 Å². The van der Waals surface area contributed by atoms with Gasteiger partial charge in [0, 0.05) is 27.9 Å². The van der Waals surface area contributed by atoms with Crippen molar-refractivity contribution in [3.8, 4) is 0 Å². The van der Waals surface area contributed by atoms with E-state index in [2.05, 4.69) is 0 Å². The van der Waals surface area contributed by atoms with Crippen LogP contribution in [-0.4, -0.2) is 178 Å². The number of aliphatic hydroxyl groups is 1. The quantitative estimate of drug-likeness (QED) is 0.0509. The van der Waals surface area contributed by atoms with Gasteiger partial charge in [-0.1, -0.05) is 109 Å². The molecule has 0 aromatic heterocycles. The Morgan fingerprint density at radius 2 is 0.717 bits per heavy atom. The standard InChI is InChI=1S/C67H64O25/c1-38(69)79-36-49-51(81-39(2)70)55(92-67-58(89-64(77)46-33-21-10-22-34-46)53(86-61(74)43-27-15-7-16-28-43)50(91-67)47(35-68)83-59(72)41-23-11-5-12-24-41)57(82-40(3)71)66(85-49)80-37-48(84-60(73)42-25-13-6-14-26-42)52-54(87-62(75)44-29-17-8-18-30-44)56(65(78-4)90-52)88-63(76)45-31-19-9-20-32-45/h5-34,47-58,65-68H,35-37H2,1-4H3/t47-,48-,49-,50+,51+,52+,53+,54+,55+,56-,57-,58-,65-,66-,67+/m1/s1. The highest BCUT2D eigenvalue weighted by Crippen LogP contribution is 2.39. The molecule has 0 unspecified atom stereocenters. The minimum atomic E-state index is -2.08. The van der Waals surface area contributed by atoms with Gasteiger partial charge in [-0.2, -0.15) is 0 Å². The molecule has 25 heteroatoms. The summed E-state index contributed by atoms with van der Waals surface area (Å²) in [6, 6.07) is 45.9. The SMILES string of the molecule is CO[C@@H]1O[C@@H]([C@@H](CO[C@@H]2O[C@H](COC(C)=O)[C@H](OC(C)=O)[C@H](O[C@@H]3O[C@@H]([C@@H](CO)OC(=O)c4ccccc4)[C@H](OC(=O)c4ccccc4)[C@H]3OC(=O)c3ccccc3)[C@H]2OC(C)=O)OC(=O)c2ccccc2)[C@H](OC(=O)c2ccccc2)[C@H]1OC(=O)c1ccccc1. The van der Waals surface area contributed by atoms with Crippen LogP contribution in [0.5, 0.6) is 0 Å². The third-order valence-corrected chi connectivity index (χ3v) is 14.5. The molecule has 3 aliphatic rings. The van der Waals surface area contributed by atoms with Gasteiger partial charge in [0.25, 0.3) is 0 Å². The summed E-state index contributed by atoms with van der Waals surface area (Å²) in [5.74, 6) is -8.75. The van der Waals surface area contributed by atoms with Gasteiger partial charge in [-0.15, -0.1) is 0 Å². The summed E-state index contributed by atoms with van der Waals surface area (Å²) in [5.41, 5.74) is 0.153. The summed E-state index contributed by atoms with van der Waals surface area (Å²) < 4.78 is 92.0. The first-order valence-electron chi connectivity index (χ1n) is 28.9. The van der Waals surface area contributed by atoms with E-state index in [-0.39, 0.29) is 33.4 Å². The van der Waals surface area contributed by atoms with E-state index in [0.717, 1.165) is 20.8 Å². The highest BCUT2D eigenvalue weighted by molar-refractivity contribution is 5.92. The van der Waals surface area contributed by atoms with Crippen molar-refractivity contribution in [2.45, 2.75) is 113 Å². The predicted octanol–water partition coefficient (Wildman–Crippen LogP) is 5.98. The molecule has 3 fully saturated rings. The first-order valence-corrected chi connectivity index (χ1v) is 28.9. The molecular formula is C67H64O25. The van der Waals surface area contributed by atoms with Gasteiger partial charge in [-0.3, -0.25) is 14.4 Å². The number of rotatable bonds is 25. The molecule has 15 atom stereocenters. The maximum atomic E-state index is 14.3. The number of benzene rings is 6. The Morgan fingerprint density at radius 3 is 1.10 bits per heavy atom. The zero-order valence-corrected chi connectivity index (χ0v) is 49.8. The lowest BCUT2D eigenvalue weighted by atomic mass is 9.97. The lowest BCUT2D eigenvalue weighted by Gasteiger charge is -2.45. The first kappa shape index (κ1) is 66.7. The van der Waals surface area contributed by atoms with Crippen molar-refractivity contribution in [3.05, 3.63) is 215 Å². The van der Waals surface area contributed by atoms with Gasteiger partial charge in [0.2, 0.25) is 0 Å².